The van der Waals surface area contributed by atoms with Crippen molar-refractivity contribution in [2.45, 2.75) is 20.0 Å². The highest BCUT2D eigenvalue weighted by molar-refractivity contribution is 7.14. The number of rotatable bonds is 6. The molecule has 0 spiro atoms. The van der Waals surface area contributed by atoms with Crippen molar-refractivity contribution in [3.63, 3.8) is 0 Å². The monoisotopic (exact) mass is 404 g/mol. The van der Waals surface area contributed by atoms with Gasteiger partial charge < -0.3 is 15.5 Å². The summed E-state index contributed by atoms with van der Waals surface area (Å²) in [6, 6.07) is 6.97. The second-order valence-corrected chi connectivity index (χ2v) is 7.15. The Hall–Kier alpha value is -2.84. The van der Waals surface area contributed by atoms with E-state index in [2.05, 4.69) is 15.3 Å². The number of aromatic nitrogens is 2. The molecule has 0 fully saturated rings. The largest absolute Gasteiger partial charge is 0.479 e. The molecule has 140 valence electrons. The van der Waals surface area contributed by atoms with Crippen LogP contribution in [-0.4, -0.2) is 27.9 Å². The highest BCUT2D eigenvalue weighted by Crippen LogP contribution is 2.28. The van der Waals surface area contributed by atoms with Crippen LogP contribution in [0.5, 0.6) is 5.75 Å². The minimum absolute atomic E-state index is 0.292. The average molecular weight is 405 g/mol. The van der Waals surface area contributed by atoms with E-state index in [1.165, 1.54) is 11.3 Å². The molecule has 1 atom stereocenters. The summed E-state index contributed by atoms with van der Waals surface area (Å²) in [6.45, 7) is 3.55. The Labute approximate surface area is 164 Å². The van der Waals surface area contributed by atoms with Crippen LogP contribution in [0.15, 0.2) is 35.8 Å². The van der Waals surface area contributed by atoms with Crippen molar-refractivity contribution in [1.82, 2.24) is 9.97 Å². The summed E-state index contributed by atoms with van der Waals surface area (Å²) in [5, 5.41) is 5.34. The minimum atomic E-state index is -0.759. The standard InChI is InChI=1S/C18H17ClN4O3S/c1-9-3-4-12(19)15(5-9)26-10(2)17(25)23-18-22-14(8-27-18)11-6-13(16(20)24)21-7-11/h3-8,10,21H,1-2H3,(H2,20,24)(H,22,23,25). The summed E-state index contributed by atoms with van der Waals surface area (Å²) in [5.41, 5.74) is 7.82. The number of benzene rings is 1. The van der Waals surface area contributed by atoms with Crippen molar-refractivity contribution in [2.24, 2.45) is 5.73 Å². The molecule has 2 heterocycles. The fourth-order valence-electron chi connectivity index (χ4n) is 2.30. The zero-order chi connectivity index (χ0) is 19.6. The molecule has 2 aromatic heterocycles. The molecule has 3 rings (SSSR count). The summed E-state index contributed by atoms with van der Waals surface area (Å²) in [7, 11) is 0. The van der Waals surface area contributed by atoms with Crippen molar-refractivity contribution < 1.29 is 14.3 Å². The van der Waals surface area contributed by atoms with Crippen LogP contribution in [-0.2, 0) is 4.79 Å². The highest BCUT2D eigenvalue weighted by Gasteiger charge is 2.18. The van der Waals surface area contributed by atoms with E-state index in [1.54, 1.807) is 36.7 Å². The maximum atomic E-state index is 12.4. The van der Waals surface area contributed by atoms with E-state index < -0.39 is 12.0 Å². The van der Waals surface area contributed by atoms with E-state index in [0.717, 1.165) is 5.56 Å². The molecule has 3 aromatic rings. The second kappa shape index (κ2) is 7.81. The number of carbonyl (C=O) groups excluding carboxylic acids is 2. The van der Waals surface area contributed by atoms with Crippen LogP contribution in [0.4, 0.5) is 5.13 Å². The lowest BCUT2D eigenvalue weighted by atomic mass is 10.2. The summed E-state index contributed by atoms with van der Waals surface area (Å²) in [5.74, 6) is -0.448. The first-order valence-corrected chi connectivity index (χ1v) is 9.27. The normalized spacial score (nSPS) is 11.8. The number of nitrogens with two attached hydrogens (primary N) is 1. The van der Waals surface area contributed by atoms with E-state index in [0.29, 0.717) is 32.9 Å². The molecule has 7 nitrogen and oxygen atoms in total. The van der Waals surface area contributed by atoms with Crippen LogP contribution < -0.4 is 15.8 Å². The zero-order valence-corrected chi connectivity index (χ0v) is 16.1. The van der Waals surface area contributed by atoms with Gasteiger partial charge in [0.2, 0.25) is 0 Å². The average Bonchev–Trinajstić information content (AvgIpc) is 3.27. The Balaban J connectivity index is 1.66. The lowest BCUT2D eigenvalue weighted by Crippen LogP contribution is -2.30. The number of primary amides is 1. The molecule has 1 unspecified atom stereocenters. The Bertz CT molecular complexity index is 998. The summed E-state index contributed by atoms with van der Waals surface area (Å²) >= 11 is 7.36. The summed E-state index contributed by atoms with van der Waals surface area (Å²) in [6.07, 6.45) is 0.872. The number of H-pyrrole nitrogens is 1. The van der Waals surface area contributed by atoms with Gasteiger partial charge in [-0.15, -0.1) is 11.3 Å². The lowest BCUT2D eigenvalue weighted by Gasteiger charge is -2.15. The van der Waals surface area contributed by atoms with Gasteiger partial charge in [0.15, 0.2) is 11.2 Å². The number of carbonyl (C=O) groups is 2. The fourth-order valence-corrected chi connectivity index (χ4v) is 3.18. The fraction of sp³-hybridized carbons (Fsp3) is 0.167. The van der Waals surface area contributed by atoms with Gasteiger partial charge in [0.25, 0.3) is 11.8 Å². The quantitative estimate of drug-likeness (QED) is 0.582. The third kappa shape index (κ3) is 4.47. The van der Waals surface area contributed by atoms with Gasteiger partial charge in [-0.25, -0.2) is 4.98 Å². The molecule has 27 heavy (non-hydrogen) atoms. The molecule has 0 saturated heterocycles. The van der Waals surface area contributed by atoms with Crippen LogP contribution in [0, 0.1) is 6.92 Å². The SMILES string of the molecule is Cc1ccc(Cl)c(OC(C)C(=O)Nc2nc(-c3c[nH]c(C(N)=O)c3)cs2)c1. The Kier molecular flexibility index (Phi) is 5.48. The van der Waals surface area contributed by atoms with Crippen molar-refractivity contribution in [3.8, 4) is 17.0 Å². The Morgan fingerprint density at radius 1 is 1.37 bits per heavy atom. The number of hydrogen-bond donors (Lipinski definition) is 3. The van der Waals surface area contributed by atoms with Crippen LogP contribution >= 0.6 is 22.9 Å². The third-order valence-electron chi connectivity index (χ3n) is 3.74. The predicted molar refractivity (Wildman–Crippen MR) is 105 cm³/mol. The van der Waals surface area contributed by atoms with E-state index >= 15 is 0 Å². The van der Waals surface area contributed by atoms with Gasteiger partial charge in [-0.05, 0) is 37.6 Å². The number of nitrogens with zero attached hydrogens (tertiary/aromatic N) is 1. The topological polar surface area (TPSA) is 110 Å². The lowest BCUT2D eigenvalue weighted by molar-refractivity contribution is -0.122. The first-order chi connectivity index (χ1) is 12.8. The molecule has 4 N–H and O–H groups in total. The number of nitrogens with one attached hydrogen (secondary N) is 2. The number of aryl methyl sites for hydroxylation is 1. The maximum Gasteiger partial charge on any atom is 0.266 e. The van der Waals surface area contributed by atoms with Crippen LogP contribution in [0.1, 0.15) is 23.0 Å². The first kappa shape index (κ1) is 18.9. The second-order valence-electron chi connectivity index (χ2n) is 5.89. The number of aromatic amines is 1. The van der Waals surface area contributed by atoms with Crippen LogP contribution in [0.25, 0.3) is 11.3 Å². The number of anilines is 1. The van der Waals surface area contributed by atoms with Crippen LogP contribution in [0.3, 0.4) is 0 Å². The zero-order valence-electron chi connectivity index (χ0n) is 14.6. The number of ether oxygens (including phenoxy) is 1. The molecular weight excluding hydrogens is 388 g/mol. The van der Waals surface area contributed by atoms with Crippen molar-refractivity contribution in [3.05, 3.63) is 52.1 Å². The molecule has 2 amide bonds. The van der Waals surface area contributed by atoms with Gasteiger partial charge in [0.05, 0.1) is 10.7 Å². The first-order valence-electron chi connectivity index (χ1n) is 8.01. The van der Waals surface area contributed by atoms with Crippen LogP contribution in [0.2, 0.25) is 5.02 Å². The maximum absolute atomic E-state index is 12.4. The van der Waals surface area contributed by atoms with E-state index in [1.807, 2.05) is 13.0 Å². The molecule has 0 aliphatic carbocycles. The minimum Gasteiger partial charge on any atom is -0.479 e. The van der Waals surface area contributed by atoms with Gasteiger partial charge in [0, 0.05) is 17.1 Å². The van der Waals surface area contributed by atoms with E-state index in [-0.39, 0.29) is 5.91 Å². The highest BCUT2D eigenvalue weighted by atomic mass is 35.5. The molecule has 0 aliphatic rings. The smallest absolute Gasteiger partial charge is 0.266 e. The van der Waals surface area contributed by atoms with Gasteiger partial charge in [-0.3, -0.25) is 14.9 Å². The molecule has 9 heteroatoms. The number of hydrogen-bond acceptors (Lipinski definition) is 5. The molecule has 0 radical (unpaired) electrons. The number of amides is 2. The van der Waals surface area contributed by atoms with E-state index in [4.69, 9.17) is 22.1 Å². The number of halogens is 1. The molecule has 0 bridgehead atoms. The van der Waals surface area contributed by atoms with Crippen molar-refractivity contribution in [2.75, 3.05) is 5.32 Å². The van der Waals surface area contributed by atoms with Gasteiger partial charge >= 0.3 is 0 Å². The van der Waals surface area contributed by atoms with Gasteiger partial charge in [0.1, 0.15) is 11.4 Å². The molecule has 1 aromatic carbocycles. The third-order valence-corrected chi connectivity index (χ3v) is 4.81. The van der Waals surface area contributed by atoms with Crippen molar-refractivity contribution >= 4 is 39.9 Å². The van der Waals surface area contributed by atoms with Gasteiger partial charge in [-0.1, -0.05) is 17.7 Å². The summed E-state index contributed by atoms with van der Waals surface area (Å²) in [4.78, 5) is 30.7. The van der Waals surface area contributed by atoms with E-state index in [9.17, 15) is 9.59 Å². The van der Waals surface area contributed by atoms with Gasteiger partial charge in [-0.2, -0.15) is 0 Å². The van der Waals surface area contributed by atoms with Crippen molar-refractivity contribution in [1.29, 1.82) is 0 Å². The molecule has 0 saturated carbocycles. The molecular formula is C18H17ClN4O3S. The predicted octanol–water partition coefficient (Wildman–Crippen LogP) is 3.60. The summed E-state index contributed by atoms with van der Waals surface area (Å²) < 4.78 is 5.66. The molecule has 0 aliphatic heterocycles. The Morgan fingerprint density at radius 3 is 2.85 bits per heavy atom. The number of thiazole rings is 1. The Morgan fingerprint density at radius 2 is 2.15 bits per heavy atom.